The summed E-state index contributed by atoms with van der Waals surface area (Å²) in [6.07, 6.45) is 3.63. The second-order valence-electron chi connectivity index (χ2n) is 4.31. The number of aromatic nitrogens is 1. The van der Waals surface area contributed by atoms with Crippen LogP contribution in [0.2, 0.25) is 0 Å². The summed E-state index contributed by atoms with van der Waals surface area (Å²) in [7, 11) is 0. The normalized spacial score (nSPS) is 18.2. The summed E-state index contributed by atoms with van der Waals surface area (Å²) in [5.74, 6) is 0. The van der Waals surface area contributed by atoms with Gasteiger partial charge in [-0.25, -0.2) is 4.98 Å². The average Bonchev–Trinajstić information content (AvgIpc) is 2.91. The van der Waals surface area contributed by atoms with Gasteiger partial charge in [-0.05, 0) is 37.9 Å². The highest BCUT2D eigenvalue weighted by atomic mass is 32.1. The van der Waals surface area contributed by atoms with Crippen molar-refractivity contribution in [2.45, 2.75) is 24.7 Å². The molecule has 3 rings (SSSR count). The Morgan fingerprint density at radius 1 is 1.33 bits per heavy atom. The van der Waals surface area contributed by atoms with Crippen LogP contribution in [0.1, 0.15) is 24.3 Å². The Balaban J connectivity index is 2.05. The molecule has 0 spiro atoms. The molecule has 1 aliphatic rings. The number of benzene rings is 1. The van der Waals surface area contributed by atoms with Gasteiger partial charge >= 0.3 is 0 Å². The van der Waals surface area contributed by atoms with E-state index in [-0.39, 0.29) is 0 Å². The number of hydrogen-bond donors (Lipinski definition) is 1. The first-order chi connectivity index (χ1) is 7.34. The predicted molar refractivity (Wildman–Crippen MR) is 64.2 cm³/mol. The van der Waals surface area contributed by atoms with Gasteiger partial charge in [0.2, 0.25) is 0 Å². The van der Waals surface area contributed by atoms with Crippen molar-refractivity contribution in [3.8, 4) is 0 Å². The van der Waals surface area contributed by atoms with Gasteiger partial charge in [0.05, 0.1) is 10.2 Å². The molecule has 3 heteroatoms. The highest BCUT2D eigenvalue weighted by Crippen LogP contribution is 2.52. The molecule has 0 amide bonds. The minimum atomic E-state index is 0.346. The Morgan fingerprint density at radius 2 is 2.13 bits per heavy atom. The summed E-state index contributed by atoms with van der Waals surface area (Å²) in [5, 5.41) is 1.30. The molecule has 0 saturated heterocycles. The molecule has 1 aromatic carbocycles. The molecular weight excluding hydrogens is 204 g/mol. The maximum Gasteiger partial charge on any atom is 0.100 e. The lowest BCUT2D eigenvalue weighted by molar-refractivity contribution is 0.626. The molecule has 1 aromatic heterocycles. The average molecular weight is 218 g/mol. The van der Waals surface area contributed by atoms with E-state index in [9.17, 15) is 0 Å². The van der Waals surface area contributed by atoms with E-state index >= 15 is 0 Å². The Hall–Kier alpha value is -0.930. The lowest BCUT2D eigenvalue weighted by Gasteiger charge is -2.08. The van der Waals surface area contributed by atoms with Gasteiger partial charge in [-0.3, -0.25) is 0 Å². The first kappa shape index (κ1) is 9.31. The third-order valence-corrected chi connectivity index (χ3v) is 4.51. The van der Waals surface area contributed by atoms with Gasteiger partial charge in [0.15, 0.2) is 0 Å². The van der Waals surface area contributed by atoms with E-state index in [0.717, 1.165) is 18.5 Å². The molecule has 78 valence electrons. The minimum Gasteiger partial charge on any atom is -0.330 e. The fourth-order valence-corrected chi connectivity index (χ4v) is 3.34. The molecular formula is C12H14N2S. The maximum atomic E-state index is 5.66. The third-order valence-electron chi connectivity index (χ3n) is 3.22. The van der Waals surface area contributed by atoms with E-state index in [0.29, 0.717) is 5.41 Å². The molecule has 15 heavy (non-hydrogen) atoms. The van der Waals surface area contributed by atoms with Crippen LogP contribution in [0.25, 0.3) is 10.2 Å². The van der Waals surface area contributed by atoms with E-state index in [1.807, 2.05) is 17.4 Å². The largest absolute Gasteiger partial charge is 0.330 e. The van der Waals surface area contributed by atoms with Gasteiger partial charge in [0, 0.05) is 5.41 Å². The molecule has 0 bridgehead atoms. The predicted octanol–water partition coefficient (Wildman–Crippen LogP) is 2.68. The fraction of sp³-hybridized carbons (Fsp3) is 0.417. The monoisotopic (exact) mass is 218 g/mol. The summed E-state index contributed by atoms with van der Waals surface area (Å²) < 4.78 is 1.30. The summed E-state index contributed by atoms with van der Waals surface area (Å²) in [5.41, 5.74) is 7.15. The number of fused-ring (bicyclic) bond motifs is 1. The highest BCUT2D eigenvalue weighted by Gasteiger charge is 2.45. The quantitative estimate of drug-likeness (QED) is 0.860. The summed E-state index contributed by atoms with van der Waals surface area (Å²) in [6, 6.07) is 8.37. The van der Waals surface area contributed by atoms with Crippen molar-refractivity contribution in [1.29, 1.82) is 0 Å². The highest BCUT2D eigenvalue weighted by molar-refractivity contribution is 7.18. The van der Waals surface area contributed by atoms with Gasteiger partial charge in [0.1, 0.15) is 5.01 Å². The molecule has 2 N–H and O–H groups in total. The van der Waals surface area contributed by atoms with Gasteiger partial charge in [-0.1, -0.05) is 12.1 Å². The Morgan fingerprint density at radius 3 is 2.80 bits per heavy atom. The lowest BCUT2D eigenvalue weighted by Crippen LogP contribution is -2.12. The summed E-state index contributed by atoms with van der Waals surface area (Å²) in [6.45, 7) is 0.774. The van der Waals surface area contributed by atoms with Crippen LogP contribution in [-0.4, -0.2) is 11.5 Å². The number of rotatable bonds is 3. The number of para-hydroxylation sites is 1. The first-order valence-corrected chi connectivity index (χ1v) is 6.22. The van der Waals surface area contributed by atoms with E-state index < -0.39 is 0 Å². The summed E-state index contributed by atoms with van der Waals surface area (Å²) >= 11 is 1.84. The van der Waals surface area contributed by atoms with Crippen LogP contribution >= 0.6 is 11.3 Å². The molecule has 1 aliphatic carbocycles. The zero-order valence-corrected chi connectivity index (χ0v) is 9.39. The smallest absolute Gasteiger partial charge is 0.100 e. The van der Waals surface area contributed by atoms with Crippen molar-refractivity contribution >= 4 is 21.6 Å². The van der Waals surface area contributed by atoms with Crippen LogP contribution in [-0.2, 0) is 5.41 Å². The zero-order chi connectivity index (χ0) is 10.3. The molecule has 2 nitrogen and oxygen atoms in total. The standard InChI is InChI=1S/C12H14N2S/c13-8-7-12(5-6-12)11-14-9-3-1-2-4-10(9)15-11/h1-4H,5-8,13H2. The van der Waals surface area contributed by atoms with E-state index in [2.05, 4.69) is 18.2 Å². The molecule has 1 fully saturated rings. The SMILES string of the molecule is NCCC1(c2nc3ccccc3s2)CC1. The first-order valence-electron chi connectivity index (χ1n) is 5.40. The van der Waals surface area contributed by atoms with Crippen LogP contribution in [0.5, 0.6) is 0 Å². The van der Waals surface area contributed by atoms with Crippen molar-refractivity contribution in [3.63, 3.8) is 0 Å². The number of nitrogens with two attached hydrogens (primary N) is 1. The number of nitrogens with zero attached hydrogens (tertiary/aromatic N) is 1. The maximum absolute atomic E-state index is 5.66. The topological polar surface area (TPSA) is 38.9 Å². The second kappa shape index (κ2) is 3.29. The van der Waals surface area contributed by atoms with Crippen LogP contribution in [0, 0.1) is 0 Å². The van der Waals surface area contributed by atoms with E-state index in [1.165, 1.54) is 22.5 Å². The fourth-order valence-electron chi connectivity index (χ4n) is 2.10. The van der Waals surface area contributed by atoms with Crippen molar-refractivity contribution in [2.24, 2.45) is 5.73 Å². The van der Waals surface area contributed by atoms with Crippen molar-refractivity contribution in [1.82, 2.24) is 4.98 Å². The van der Waals surface area contributed by atoms with Crippen LogP contribution in [0.3, 0.4) is 0 Å². The molecule has 0 radical (unpaired) electrons. The molecule has 0 aliphatic heterocycles. The van der Waals surface area contributed by atoms with Crippen molar-refractivity contribution in [2.75, 3.05) is 6.54 Å². The molecule has 1 heterocycles. The van der Waals surface area contributed by atoms with Gasteiger partial charge < -0.3 is 5.73 Å². The Bertz CT molecular complexity index is 452. The van der Waals surface area contributed by atoms with Gasteiger partial charge in [-0.15, -0.1) is 11.3 Å². The van der Waals surface area contributed by atoms with Crippen LogP contribution < -0.4 is 5.73 Å². The van der Waals surface area contributed by atoms with Crippen LogP contribution in [0.15, 0.2) is 24.3 Å². The van der Waals surface area contributed by atoms with Crippen molar-refractivity contribution < 1.29 is 0 Å². The Kier molecular flexibility index (Phi) is 2.04. The van der Waals surface area contributed by atoms with E-state index in [4.69, 9.17) is 10.7 Å². The number of hydrogen-bond acceptors (Lipinski definition) is 3. The van der Waals surface area contributed by atoms with Gasteiger partial charge in [0.25, 0.3) is 0 Å². The zero-order valence-electron chi connectivity index (χ0n) is 8.57. The van der Waals surface area contributed by atoms with Gasteiger partial charge in [-0.2, -0.15) is 0 Å². The second-order valence-corrected chi connectivity index (χ2v) is 5.34. The Labute approximate surface area is 93.1 Å². The minimum absolute atomic E-state index is 0.346. The molecule has 2 aromatic rings. The molecule has 0 unspecified atom stereocenters. The third kappa shape index (κ3) is 1.46. The van der Waals surface area contributed by atoms with E-state index in [1.54, 1.807) is 0 Å². The van der Waals surface area contributed by atoms with Crippen molar-refractivity contribution in [3.05, 3.63) is 29.3 Å². The molecule has 1 saturated carbocycles. The number of thiazole rings is 1. The lowest BCUT2D eigenvalue weighted by atomic mass is 10.0. The molecule has 0 atom stereocenters. The summed E-state index contributed by atoms with van der Waals surface area (Å²) in [4.78, 5) is 4.73. The van der Waals surface area contributed by atoms with Crippen LogP contribution in [0.4, 0.5) is 0 Å².